The Morgan fingerprint density at radius 3 is 2.33 bits per heavy atom. The molecule has 6 heteroatoms. The molecule has 1 aliphatic rings. The highest BCUT2D eigenvalue weighted by Crippen LogP contribution is 2.27. The Morgan fingerprint density at radius 2 is 1.74 bits per heavy atom. The number of ether oxygens (including phenoxy) is 1. The highest BCUT2D eigenvalue weighted by Gasteiger charge is 2.38. The SMILES string of the molecule is CSC1=NC(=O)C(Cc2ccc(OC(C)C)cc2)C(=O)N1c1ccccc1. The van der Waals surface area contributed by atoms with E-state index in [-0.39, 0.29) is 17.9 Å². The number of carbonyl (C=O) groups excluding carboxylic acids is 2. The normalized spacial score (nSPS) is 17.3. The molecule has 140 valence electrons. The number of amidine groups is 1. The van der Waals surface area contributed by atoms with Crippen LogP contribution in [0.15, 0.2) is 59.6 Å². The number of para-hydroxylation sites is 1. The number of benzene rings is 2. The Labute approximate surface area is 163 Å². The van der Waals surface area contributed by atoms with Gasteiger partial charge >= 0.3 is 0 Å². The summed E-state index contributed by atoms with van der Waals surface area (Å²) in [4.78, 5) is 31.3. The van der Waals surface area contributed by atoms with E-state index in [4.69, 9.17) is 4.74 Å². The molecule has 0 radical (unpaired) electrons. The van der Waals surface area contributed by atoms with Gasteiger partial charge < -0.3 is 4.74 Å². The van der Waals surface area contributed by atoms with Crippen molar-refractivity contribution in [3.63, 3.8) is 0 Å². The van der Waals surface area contributed by atoms with Crippen LogP contribution in [0.5, 0.6) is 5.75 Å². The van der Waals surface area contributed by atoms with Gasteiger partial charge in [0, 0.05) is 0 Å². The standard InChI is InChI=1S/C21H22N2O3S/c1-14(2)26-17-11-9-15(10-12-17)13-18-19(24)22-21(27-3)23(20(18)25)16-7-5-4-6-8-16/h4-12,14,18H,13H2,1-3H3. The van der Waals surface area contributed by atoms with Crippen molar-refractivity contribution in [3.8, 4) is 5.75 Å². The molecule has 2 amide bonds. The van der Waals surface area contributed by atoms with Gasteiger partial charge in [-0.1, -0.05) is 42.1 Å². The molecule has 27 heavy (non-hydrogen) atoms. The minimum atomic E-state index is -0.821. The first-order valence-electron chi connectivity index (χ1n) is 8.80. The highest BCUT2D eigenvalue weighted by atomic mass is 32.2. The van der Waals surface area contributed by atoms with Gasteiger partial charge in [-0.05, 0) is 56.4 Å². The number of hydrogen-bond donors (Lipinski definition) is 0. The lowest BCUT2D eigenvalue weighted by atomic mass is 9.96. The second-order valence-electron chi connectivity index (χ2n) is 6.51. The van der Waals surface area contributed by atoms with Crippen molar-refractivity contribution in [2.24, 2.45) is 10.9 Å². The summed E-state index contributed by atoms with van der Waals surface area (Å²) in [6.45, 7) is 3.93. The van der Waals surface area contributed by atoms with Gasteiger partial charge in [0.25, 0.3) is 5.91 Å². The van der Waals surface area contributed by atoms with Crippen molar-refractivity contribution in [2.75, 3.05) is 11.2 Å². The van der Waals surface area contributed by atoms with Gasteiger partial charge in [-0.25, -0.2) is 0 Å². The molecule has 3 rings (SSSR count). The molecule has 0 fully saturated rings. The zero-order chi connectivity index (χ0) is 19.4. The number of aliphatic imine (C=N–C) groups is 1. The van der Waals surface area contributed by atoms with Crippen molar-refractivity contribution in [3.05, 3.63) is 60.2 Å². The molecule has 1 unspecified atom stereocenters. The number of thioether (sulfide) groups is 1. The topological polar surface area (TPSA) is 59.0 Å². The van der Waals surface area contributed by atoms with Gasteiger partial charge in [-0.3, -0.25) is 14.5 Å². The Kier molecular flexibility index (Phi) is 5.96. The number of rotatable bonds is 5. The van der Waals surface area contributed by atoms with Crippen molar-refractivity contribution < 1.29 is 14.3 Å². The maximum atomic E-state index is 13.1. The lowest BCUT2D eigenvalue weighted by Gasteiger charge is -2.30. The third kappa shape index (κ3) is 4.39. The largest absolute Gasteiger partial charge is 0.491 e. The molecule has 0 saturated carbocycles. The third-order valence-corrected chi connectivity index (χ3v) is 4.78. The second kappa shape index (κ2) is 8.39. The van der Waals surface area contributed by atoms with Gasteiger partial charge in [-0.2, -0.15) is 4.99 Å². The van der Waals surface area contributed by atoms with Gasteiger partial charge in [0.2, 0.25) is 5.91 Å². The maximum Gasteiger partial charge on any atom is 0.261 e. The molecule has 0 bridgehead atoms. The van der Waals surface area contributed by atoms with Gasteiger partial charge in [-0.15, -0.1) is 0 Å². The predicted molar refractivity (Wildman–Crippen MR) is 109 cm³/mol. The quantitative estimate of drug-likeness (QED) is 0.736. The number of hydrogen-bond acceptors (Lipinski definition) is 4. The molecule has 0 N–H and O–H groups in total. The highest BCUT2D eigenvalue weighted by molar-refractivity contribution is 8.13. The van der Waals surface area contributed by atoms with Crippen molar-refractivity contribution in [2.45, 2.75) is 26.4 Å². The molecule has 0 saturated heterocycles. The number of amides is 2. The van der Waals surface area contributed by atoms with Gasteiger partial charge in [0.05, 0.1) is 11.8 Å². The van der Waals surface area contributed by atoms with Crippen LogP contribution in [0.3, 0.4) is 0 Å². The molecule has 0 spiro atoms. The molecule has 1 heterocycles. The Morgan fingerprint density at radius 1 is 1.07 bits per heavy atom. The van der Waals surface area contributed by atoms with Crippen LogP contribution >= 0.6 is 11.8 Å². The lowest BCUT2D eigenvalue weighted by Crippen LogP contribution is -2.47. The second-order valence-corrected chi connectivity index (χ2v) is 7.29. The molecule has 2 aromatic carbocycles. The molecule has 2 aromatic rings. The molecular formula is C21H22N2O3S. The van der Waals surface area contributed by atoms with E-state index in [1.807, 2.05) is 74.7 Å². The van der Waals surface area contributed by atoms with Crippen LogP contribution in [0.2, 0.25) is 0 Å². The van der Waals surface area contributed by atoms with Crippen LogP contribution in [0.25, 0.3) is 0 Å². The van der Waals surface area contributed by atoms with Crippen LogP contribution in [-0.2, 0) is 16.0 Å². The monoisotopic (exact) mass is 382 g/mol. The fourth-order valence-electron chi connectivity index (χ4n) is 2.92. The van der Waals surface area contributed by atoms with Crippen LogP contribution < -0.4 is 9.64 Å². The van der Waals surface area contributed by atoms with Crippen LogP contribution in [-0.4, -0.2) is 29.3 Å². The first-order chi connectivity index (χ1) is 13.0. The van der Waals surface area contributed by atoms with Gasteiger partial charge in [0.15, 0.2) is 5.17 Å². The van der Waals surface area contributed by atoms with E-state index in [1.54, 1.807) is 0 Å². The Bertz CT molecular complexity index is 847. The summed E-state index contributed by atoms with van der Waals surface area (Å²) in [6, 6.07) is 16.8. The number of anilines is 1. The van der Waals surface area contributed by atoms with Crippen LogP contribution in [0, 0.1) is 5.92 Å². The van der Waals surface area contributed by atoms with Gasteiger partial charge in [0.1, 0.15) is 11.7 Å². The van der Waals surface area contributed by atoms with E-state index >= 15 is 0 Å². The van der Waals surface area contributed by atoms with E-state index in [0.29, 0.717) is 17.3 Å². The summed E-state index contributed by atoms with van der Waals surface area (Å²) in [6.07, 6.45) is 2.22. The number of carbonyl (C=O) groups is 2. The summed E-state index contributed by atoms with van der Waals surface area (Å²) >= 11 is 1.29. The smallest absolute Gasteiger partial charge is 0.261 e. The summed E-state index contributed by atoms with van der Waals surface area (Å²) in [7, 11) is 0. The maximum absolute atomic E-state index is 13.1. The third-order valence-electron chi connectivity index (χ3n) is 4.15. The Balaban J connectivity index is 1.84. The molecule has 1 atom stereocenters. The average molecular weight is 382 g/mol. The summed E-state index contributed by atoms with van der Waals surface area (Å²) in [5, 5.41) is 0.410. The van der Waals surface area contributed by atoms with E-state index < -0.39 is 5.92 Å². The Hall–Kier alpha value is -2.60. The molecule has 5 nitrogen and oxygen atoms in total. The van der Waals surface area contributed by atoms with Crippen molar-refractivity contribution in [1.82, 2.24) is 0 Å². The van der Waals surface area contributed by atoms with Crippen molar-refractivity contribution in [1.29, 1.82) is 0 Å². The molecule has 1 aliphatic heterocycles. The molecular weight excluding hydrogens is 360 g/mol. The molecule has 0 aliphatic carbocycles. The zero-order valence-corrected chi connectivity index (χ0v) is 16.4. The molecule has 0 aromatic heterocycles. The zero-order valence-electron chi connectivity index (χ0n) is 15.6. The van der Waals surface area contributed by atoms with Crippen LogP contribution in [0.1, 0.15) is 19.4 Å². The van der Waals surface area contributed by atoms with Crippen molar-refractivity contribution >= 4 is 34.4 Å². The lowest BCUT2D eigenvalue weighted by molar-refractivity contribution is -0.131. The predicted octanol–water partition coefficient (Wildman–Crippen LogP) is 3.92. The minimum Gasteiger partial charge on any atom is -0.491 e. The first-order valence-corrected chi connectivity index (χ1v) is 10.0. The van der Waals surface area contributed by atoms with E-state index in [2.05, 4.69) is 4.99 Å². The fourth-order valence-corrected chi connectivity index (χ4v) is 3.48. The fraction of sp³-hybridized carbons (Fsp3) is 0.286. The number of nitrogens with zero attached hydrogens (tertiary/aromatic N) is 2. The average Bonchev–Trinajstić information content (AvgIpc) is 2.66. The van der Waals surface area contributed by atoms with Crippen LogP contribution in [0.4, 0.5) is 5.69 Å². The van der Waals surface area contributed by atoms with E-state index in [9.17, 15) is 9.59 Å². The van der Waals surface area contributed by atoms with E-state index in [0.717, 1.165) is 11.3 Å². The van der Waals surface area contributed by atoms with E-state index in [1.165, 1.54) is 16.7 Å². The minimum absolute atomic E-state index is 0.0936. The summed E-state index contributed by atoms with van der Waals surface area (Å²) < 4.78 is 5.64. The summed E-state index contributed by atoms with van der Waals surface area (Å²) in [5.74, 6) is -0.686. The first kappa shape index (κ1) is 19.2. The summed E-state index contributed by atoms with van der Waals surface area (Å²) in [5.41, 5.74) is 1.61.